The summed E-state index contributed by atoms with van der Waals surface area (Å²) in [6.45, 7) is 4.44. The topological polar surface area (TPSA) is 17.1 Å². The summed E-state index contributed by atoms with van der Waals surface area (Å²) in [7, 11) is 3.99. The molecule has 1 nitrogen and oxygen atoms in total. The molecule has 0 rings (SSSR count). The molecule has 4 heteroatoms. The summed E-state index contributed by atoms with van der Waals surface area (Å²) in [6, 6.07) is 0. The van der Waals surface area contributed by atoms with E-state index in [0.717, 1.165) is 0 Å². The third-order valence-electron chi connectivity index (χ3n) is 0.658. The van der Waals surface area contributed by atoms with Gasteiger partial charge >= 0.3 is 23.2 Å². The summed E-state index contributed by atoms with van der Waals surface area (Å²) < 4.78 is 8.26. The predicted octanol–water partition coefficient (Wildman–Crippen LogP) is 3.07. The minimum atomic E-state index is 0.700. The average Bonchev–Trinajstić information content (AvgIpc) is 2.02. The monoisotopic (exact) mass is 264 g/mol. The SMILES string of the molecule is CCCSSCCC.[O]=[Mo]. The molecule has 0 amide bonds. The molecule has 0 atom stereocenters. The van der Waals surface area contributed by atoms with Crippen LogP contribution in [0.5, 0.6) is 0 Å². The zero-order valence-electron chi connectivity index (χ0n) is 6.46. The van der Waals surface area contributed by atoms with Crippen molar-refractivity contribution in [3.8, 4) is 0 Å². The molecule has 0 bridgehead atoms. The molecule has 0 aromatic carbocycles. The fourth-order valence-electron chi connectivity index (χ4n) is 0.285. The van der Waals surface area contributed by atoms with E-state index in [-0.39, 0.29) is 0 Å². The summed E-state index contributed by atoms with van der Waals surface area (Å²) >= 11 is 0.700. The second-order valence-corrected chi connectivity index (χ2v) is 4.35. The van der Waals surface area contributed by atoms with Gasteiger partial charge in [-0.2, -0.15) is 0 Å². The Labute approximate surface area is 82.7 Å². The Morgan fingerprint density at radius 1 is 1.00 bits per heavy atom. The van der Waals surface area contributed by atoms with Gasteiger partial charge in [0.2, 0.25) is 0 Å². The Hall–Kier alpha value is 1.19. The van der Waals surface area contributed by atoms with Crippen molar-refractivity contribution in [1.29, 1.82) is 0 Å². The number of hydrogen-bond donors (Lipinski definition) is 0. The van der Waals surface area contributed by atoms with Crippen LogP contribution in [-0.2, 0) is 23.2 Å². The van der Waals surface area contributed by atoms with Crippen molar-refractivity contribution >= 4 is 21.6 Å². The third kappa shape index (κ3) is 16.1. The average molecular weight is 262 g/mol. The van der Waals surface area contributed by atoms with E-state index in [9.17, 15) is 0 Å². The van der Waals surface area contributed by atoms with Gasteiger partial charge in [0.25, 0.3) is 0 Å². The Morgan fingerprint density at radius 3 is 1.50 bits per heavy atom. The van der Waals surface area contributed by atoms with Crippen LogP contribution in [0.3, 0.4) is 0 Å². The van der Waals surface area contributed by atoms with Gasteiger partial charge in [0, 0.05) is 11.5 Å². The van der Waals surface area contributed by atoms with Gasteiger partial charge in [0.05, 0.1) is 0 Å². The third-order valence-corrected chi connectivity index (χ3v) is 3.47. The van der Waals surface area contributed by atoms with Gasteiger partial charge in [-0.25, -0.2) is 0 Å². The van der Waals surface area contributed by atoms with Crippen LogP contribution in [0.25, 0.3) is 0 Å². The van der Waals surface area contributed by atoms with Crippen LogP contribution in [0.15, 0.2) is 0 Å². The van der Waals surface area contributed by atoms with Gasteiger partial charge in [-0.1, -0.05) is 35.4 Å². The first-order chi connectivity index (χ1) is 4.91. The summed E-state index contributed by atoms with van der Waals surface area (Å²) in [5.41, 5.74) is 0. The molecule has 10 heavy (non-hydrogen) atoms. The second kappa shape index (κ2) is 16.6. The Kier molecular flexibility index (Phi) is 22.9. The van der Waals surface area contributed by atoms with Gasteiger partial charge in [-0.05, 0) is 12.8 Å². The summed E-state index contributed by atoms with van der Waals surface area (Å²) in [4.78, 5) is 0. The van der Waals surface area contributed by atoms with Crippen LogP contribution in [-0.4, -0.2) is 11.5 Å². The Balaban J connectivity index is 0. The molecule has 0 aromatic heterocycles. The van der Waals surface area contributed by atoms with Gasteiger partial charge in [0.15, 0.2) is 0 Å². The van der Waals surface area contributed by atoms with E-state index in [4.69, 9.17) is 3.40 Å². The van der Waals surface area contributed by atoms with Crippen molar-refractivity contribution in [3.05, 3.63) is 0 Å². The molecule has 0 aliphatic rings. The maximum atomic E-state index is 8.26. The quantitative estimate of drug-likeness (QED) is 0.430. The fourth-order valence-corrected chi connectivity index (χ4v) is 2.56. The van der Waals surface area contributed by atoms with E-state index in [1.54, 1.807) is 0 Å². The van der Waals surface area contributed by atoms with Gasteiger partial charge in [-0.3, -0.25) is 0 Å². The molecule has 0 unspecified atom stereocenters. The van der Waals surface area contributed by atoms with Crippen molar-refractivity contribution in [3.63, 3.8) is 0 Å². The summed E-state index contributed by atoms with van der Waals surface area (Å²) in [5.74, 6) is 2.62. The van der Waals surface area contributed by atoms with Crippen molar-refractivity contribution in [1.82, 2.24) is 0 Å². The minimum absolute atomic E-state index is 0.700. The molecule has 0 radical (unpaired) electrons. The maximum absolute atomic E-state index is 8.26. The van der Waals surface area contributed by atoms with Crippen molar-refractivity contribution in [2.24, 2.45) is 0 Å². The second-order valence-electron chi connectivity index (χ2n) is 1.64. The van der Waals surface area contributed by atoms with Crippen LogP contribution < -0.4 is 0 Å². The molecule has 62 valence electrons. The Morgan fingerprint density at radius 2 is 1.30 bits per heavy atom. The van der Waals surface area contributed by atoms with E-state index in [2.05, 4.69) is 13.8 Å². The van der Waals surface area contributed by atoms with Crippen LogP contribution in [0.4, 0.5) is 0 Å². The molecule has 0 aromatic rings. The van der Waals surface area contributed by atoms with E-state index in [1.807, 2.05) is 21.6 Å². The zero-order chi connectivity index (χ0) is 8.24. The van der Waals surface area contributed by atoms with E-state index >= 15 is 0 Å². The number of hydrogen-bond acceptors (Lipinski definition) is 3. The molecule has 0 heterocycles. The van der Waals surface area contributed by atoms with Gasteiger partial charge < -0.3 is 0 Å². The molecular weight excluding hydrogens is 248 g/mol. The summed E-state index contributed by atoms with van der Waals surface area (Å²) in [6.07, 6.45) is 2.61. The molecule has 0 spiro atoms. The van der Waals surface area contributed by atoms with E-state index < -0.39 is 0 Å². The number of rotatable bonds is 5. The van der Waals surface area contributed by atoms with E-state index in [0.29, 0.717) is 19.8 Å². The first-order valence-electron chi connectivity index (χ1n) is 3.32. The van der Waals surface area contributed by atoms with Crippen molar-refractivity contribution in [2.75, 3.05) is 11.5 Å². The molecule has 0 fully saturated rings. The molecule has 0 saturated heterocycles. The van der Waals surface area contributed by atoms with E-state index in [1.165, 1.54) is 24.3 Å². The molecular formula is C6H14MoOS2. The standard InChI is InChI=1S/C6H14S2.Mo.O/c1-3-5-7-8-6-4-2;;/h3-6H2,1-2H3;;. The van der Waals surface area contributed by atoms with Gasteiger partial charge in [0.1, 0.15) is 0 Å². The molecule has 0 aliphatic carbocycles. The predicted molar refractivity (Wildman–Crippen MR) is 46.2 cm³/mol. The first-order valence-corrected chi connectivity index (χ1v) is 6.63. The summed E-state index contributed by atoms with van der Waals surface area (Å²) in [5, 5.41) is 0. The van der Waals surface area contributed by atoms with Crippen LogP contribution in [0.1, 0.15) is 26.7 Å². The molecule has 0 saturated carbocycles. The molecule has 0 aliphatic heterocycles. The van der Waals surface area contributed by atoms with Crippen LogP contribution in [0.2, 0.25) is 0 Å². The normalized spacial score (nSPS) is 8.20. The Bertz CT molecular complexity index is 49.0. The first kappa shape index (κ1) is 13.8. The van der Waals surface area contributed by atoms with Crippen LogP contribution >= 0.6 is 21.6 Å². The fraction of sp³-hybridized carbons (Fsp3) is 1.00. The van der Waals surface area contributed by atoms with Crippen LogP contribution in [0, 0.1) is 0 Å². The molecule has 0 N–H and O–H groups in total. The zero-order valence-corrected chi connectivity index (χ0v) is 10.1. The van der Waals surface area contributed by atoms with Crippen molar-refractivity contribution in [2.45, 2.75) is 26.7 Å². The van der Waals surface area contributed by atoms with Gasteiger partial charge in [-0.15, -0.1) is 0 Å². The van der Waals surface area contributed by atoms with Crippen molar-refractivity contribution < 1.29 is 23.2 Å².